The summed E-state index contributed by atoms with van der Waals surface area (Å²) in [7, 11) is 1.47. The molecule has 7 heteroatoms. The maximum absolute atomic E-state index is 12.2. The van der Waals surface area contributed by atoms with Gasteiger partial charge in [0.1, 0.15) is 6.07 Å². The Morgan fingerprint density at radius 1 is 1.48 bits per heavy atom. The first kappa shape index (κ1) is 16.6. The van der Waals surface area contributed by atoms with Crippen LogP contribution in [0.15, 0.2) is 24.3 Å². The van der Waals surface area contributed by atoms with E-state index in [0.29, 0.717) is 11.3 Å². The van der Waals surface area contributed by atoms with E-state index in [4.69, 9.17) is 10.4 Å². The van der Waals surface area contributed by atoms with Gasteiger partial charge >= 0.3 is 12.1 Å². The van der Waals surface area contributed by atoms with Crippen molar-refractivity contribution in [1.82, 2.24) is 0 Å². The Balaban J connectivity index is 2.93. The van der Waals surface area contributed by atoms with Crippen LogP contribution in [0.3, 0.4) is 0 Å². The minimum Gasteiger partial charge on any atom is -0.478 e. The van der Waals surface area contributed by atoms with Crippen LogP contribution < -0.4 is 4.90 Å². The number of nitriles is 1. The first-order chi connectivity index (χ1) is 9.73. The monoisotopic (exact) mass is 298 g/mol. The molecule has 0 spiro atoms. The lowest BCUT2D eigenvalue weighted by Gasteiger charge is -2.21. The van der Waals surface area contributed by atoms with Gasteiger partial charge in [-0.05, 0) is 23.8 Å². The van der Waals surface area contributed by atoms with E-state index in [-0.39, 0.29) is 12.1 Å². The number of aliphatic carboxylic acids is 1. The molecule has 0 unspecified atom stereocenters. The number of hydrogen-bond donors (Lipinski definition) is 1. The summed E-state index contributed by atoms with van der Waals surface area (Å²) in [5.41, 5.74) is 1.04. The molecule has 0 fully saturated rings. The standard InChI is InChI=1S/C14H13F3N2O2/c1-19(7-6-14(15,16)17)12-4-2-10(3-5-13(20)21)8-11(12)9-18/h2-5,8H,6-7H2,1H3,(H,20,21)/b5-3+. The zero-order valence-electron chi connectivity index (χ0n) is 11.2. The van der Waals surface area contributed by atoms with Crippen molar-refractivity contribution in [2.75, 3.05) is 18.5 Å². The Morgan fingerprint density at radius 3 is 2.67 bits per heavy atom. The number of carboxylic acids is 1. The Hall–Kier alpha value is -2.49. The van der Waals surface area contributed by atoms with Gasteiger partial charge in [0.25, 0.3) is 0 Å². The quantitative estimate of drug-likeness (QED) is 0.849. The second-order valence-corrected chi connectivity index (χ2v) is 4.35. The predicted octanol–water partition coefficient (Wildman–Crippen LogP) is 3.04. The Kier molecular flexibility index (Phi) is 5.36. The van der Waals surface area contributed by atoms with Gasteiger partial charge in [-0.25, -0.2) is 4.79 Å². The third-order valence-electron chi connectivity index (χ3n) is 2.70. The van der Waals surface area contributed by atoms with E-state index in [1.165, 1.54) is 30.2 Å². The number of anilines is 1. The minimum atomic E-state index is -4.26. The molecule has 0 saturated heterocycles. The predicted molar refractivity (Wildman–Crippen MR) is 71.8 cm³/mol. The third-order valence-corrected chi connectivity index (χ3v) is 2.70. The summed E-state index contributed by atoms with van der Waals surface area (Å²) in [5.74, 6) is -1.13. The first-order valence-electron chi connectivity index (χ1n) is 5.96. The SMILES string of the molecule is CN(CCC(F)(F)F)c1ccc(/C=C/C(=O)O)cc1C#N. The van der Waals surface area contributed by atoms with Crippen molar-refractivity contribution in [3.63, 3.8) is 0 Å². The molecule has 1 aromatic carbocycles. The second kappa shape index (κ2) is 6.79. The van der Waals surface area contributed by atoms with E-state index in [9.17, 15) is 18.0 Å². The van der Waals surface area contributed by atoms with Crippen LogP contribution in [0.4, 0.5) is 18.9 Å². The van der Waals surface area contributed by atoms with E-state index in [2.05, 4.69) is 0 Å². The molecule has 1 rings (SSSR count). The summed E-state index contributed by atoms with van der Waals surface area (Å²) < 4.78 is 36.6. The fourth-order valence-corrected chi connectivity index (χ4v) is 1.66. The van der Waals surface area contributed by atoms with Crippen LogP contribution in [0.1, 0.15) is 17.5 Å². The van der Waals surface area contributed by atoms with Gasteiger partial charge in [0.05, 0.1) is 17.7 Å². The Bertz CT molecular complexity index is 589. The second-order valence-electron chi connectivity index (χ2n) is 4.35. The van der Waals surface area contributed by atoms with Crippen LogP contribution >= 0.6 is 0 Å². The number of hydrogen-bond acceptors (Lipinski definition) is 3. The van der Waals surface area contributed by atoms with E-state index < -0.39 is 18.6 Å². The Morgan fingerprint density at radius 2 is 2.14 bits per heavy atom. The van der Waals surface area contributed by atoms with E-state index in [1.54, 1.807) is 6.07 Å². The molecule has 0 heterocycles. The maximum atomic E-state index is 12.2. The van der Waals surface area contributed by atoms with Crippen molar-refractivity contribution < 1.29 is 23.1 Å². The number of carbonyl (C=O) groups is 1. The summed E-state index contributed by atoms with van der Waals surface area (Å²) >= 11 is 0. The van der Waals surface area contributed by atoms with Crippen molar-refractivity contribution >= 4 is 17.7 Å². The number of alkyl halides is 3. The fraction of sp³-hybridized carbons (Fsp3) is 0.286. The molecular formula is C14H13F3N2O2. The van der Waals surface area contributed by atoms with Crippen LogP contribution in [0.5, 0.6) is 0 Å². The summed E-state index contributed by atoms with van der Waals surface area (Å²) in [5, 5.41) is 17.6. The van der Waals surface area contributed by atoms with Crippen molar-refractivity contribution in [1.29, 1.82) is 5.26 Å². The highest BCUT2D eigenvalue weighted by atomic mass is 19.4. The summed E-state index contributed by atoms with van der Waals surface area (Å²) in [6.07, 6.45) is -3.01. The van der Waals surface area contributed by atoms with Gasteiger partial charge in [0, 0.05) is 19.7 Å². The number of rotatable bonds is 5. The van der Waals surface area contributed by atoms with Gasteiger partial charge in [-0.15, -0.1) is 0 Å². The highest BCUT2D eigenvalue weighted by Crippen LogP contribution is 2.24. The first-order valence-corrected chi connectivity index (χ1v) is 5.96. The van der Waals surface area contributed by atoms with Gasteiger partial charge < -0.3 is 10.0 Å². The van der Waals surface area contributed by atoms with Gasteiger partial charge in [-0.3, -0.25) is 0 Å². The summed E-state index contributed by atoms with van der Waals surface area (Å²) in [4.78, 5) is 11.8. The van der Waals surface area contributed by atoms with E-state index in [1.807, 2.05) is 6.07 Å². The molecule has 0 atom stereocenters. The van der Waals surface area contributed by atoms with Crippen LogP contribution in [-0.2, 0) is 4.79 Å². The molecule has 0 aromatic heterocycles. The van der Waals surface area contributed by atoms with Gasteiger partial charge in [0.2, 0.25) is 0 Å². The molecule has 0 radical (unpaired) electrons. The third kappa shape index (κ3) is 5.57. The van der Waals surface area contributed by atoms with Gasteiger partial charge in [-0.2, -0.15) is 18.4 Å². The molecule has 0 bridgehead atoms. The molecule has 21 heavy (non-hydrogen) atoms. The molecule has 0 aliphatic heterocycles. The average Bonchev–Trinajstić information content (AvgIpc) is 2.41. The molecule has 1 N–H and O–H groups in total. The van der Waals surface area contributed by atoms with E-state index >= 15 is 0 Å². The molecule has 0 aliphatic carbocycles. The molecule has 0 saturated carbocycles. The van der Waals surface area contributed by atoms with Crippen molar-refractivity contribution in [3.05, 3.63) is 35.4 Å². The van der Waals surface area contributed by atoms with Gasteiger partial charge in [0.15, 0.2) is 0 Å². The molecule has 4 nitrogen and oxygen atoms in total. The number of halogens is 3. The molecule has 1 aromatic rings. The van der Waals surface area contributed by atoms with Crippen LogP contribution in [-0.4, -0.2) is 30.8 Å². The molecular weight excluding hydrogens is 285 g/mol. The molecule has 0 amide bonds. The van der Waals surface area contributed by atoms with E-state index in [0.717, 1.165) is 6.08 Å². The smallest absolute Gasteiger partial charge is 0.390 e. The lowest BCUT2D eigenvalue weighted by atomic mass is 10.1. The number of nitrogens with zero attached hydrogens (tertiary/aromatic N) is 2. The van der Waals surface area contributed by atoms with Crippen LogP contribution in [0.2, 0.25) is 0 Å². The normalized spacial score (nSPS) is 11.4. The summed E-state index contributed by atoms with van der Waals surface area (Å²) in [6, 6.07) is 6.36. The number of carboxylic acid groups (broad SMARTS) is 1. The zero-order chi connectivity index (χ0) is 16.0. The van der Waals surface area contributed by atoms with Crippen molar-refractivity contribution in [2.24, 2.45) is 0 Å². The van der Waals surface area contributed by atoms with Crippen LogP contribution in [0.25, 0.3) is 6.08 Å². The van der Waals surface area contributed by atoms with Gasteiger partial charge in [-0.1, -0.05) is 6.07 Å². The van der Waals surface area contributed by atoms with Crippen molar-refractivity contribution in [2.45, 2.75) is 12.6 Å². The topological polar surface area (TPSA) is 64.3 Å². The highest BCUT2D eigenvalue weighted by molar-refractivity contribution is 5.85. The summed E-state index contributed by atoms with van der Waals surface area (Å²) in [6.45, 7) is -0.261. The van der Waals surface area contributed by atoms with Crippen LogP contribution in [0, 0.1) is 11.3 Å². The minimum absolute atomic E-state index is 0.187. The lowest BCUT2D eigenvalue weighted by molar-refractivity contribution is -0.132. The largest absolute Gasteiger partial charge is 0.478 e. The molecule has 112 valence electrons. The number of benzene rings is 1. The molecule has 0 aliphatic rings. The lowest BCUT2D eigenvalue weighted by Crippen LogP contribution is -2.24. The highest BCUT2D eigenvalue weighted by Gasteiger charge is 2.27. The fourth-order valence-electron chi connectivity index (χ4n) is 1.66. The van der Waals surface area contributed by atoms with Crippen molar-refractivity contribution in [3.8, 4) is 6.07 Å². The Labute approximate surface area is 119 Å². The maximum Gasteiger partial charge on any atom is 0.390 e. The zero-order valence-corrected chi connectivity index (χ0v) is 11.2. The average molecular weight is 298 g/mol.